The number of benzene rings is 2. The lowest BCUT2D eigenvalue weighted by atomic mass is 10.1. The topological polar surface area (TPSA) is 51.2 Å². The van der Waals surface area contributed by atoms with E-state index in [9.17, 15) is 4.79 Å². The maximum absolute atomic E-state index is 12.9. The van der Waals surface area contributed by atoms with Gasteiger partial charge in [-0.25, -0.2) is 0 Å². The van der Waals surface area contributed by atoms with Crippen molar-refractivity contribution in [2.24, 2.45) is 0 Å². The summed E-state index contributed by atoms with van der Waals surface area (Å²) in [5.41, 5.74) is 1.84. The summed E-state index contributed by atoms with van der Waals surface area (Å²) in [4.78, 5) is 17.2. The molecule has 2 aromatic carbocycles. The average molecular weight is 368 g/mol. The van der Waals surface area contributed by atoms with Gasteiger partial charge < -0.3 is 19.1 Å². The minimum absolute atomic E-state index is 0.0433. The van der Waals surface area contributed by atoms with Gasteiger partial charge >= 0.3 is 0 Å². The van der Waals surface area contributed by atoms with Gasteiger partial charge in [0.2, 0.25) is 6.79 Å². The van der Waals surface area contributed by atoms with Gasteiger partial charge in [0.05, 0.1) is 12.2 Å². The molecule has 2 aromatic rings. The van der Waals surface area contributed by atoms with Crippen LogP contribution in [0.3, 0.4) is 0 Å². The second-order valence-corrected chi connectivity index (χ2v) is 6.69. The van der Waals surface area contributed by atoms with E-state index >= 15 is 0 Å². The van der Waals surface area contributed by atoms with Gasteiger partial charge in [-0.15, -0.1) is 0 Å². The largest absolute Gasteiger partial charge is 0.493 e. The van der Waals surface area contributed by atoms with Gasteiger partial charge in [0, 0.05) is 32.7 Å². The molecule has 0 aromatic heterocycles. The number of amides is 1. The molecule has 0 atom stereocenters. The molecular weight excluding hydrogens is 344 g/mol. The second kappa shape index (κ2) is 7.88. The maximum atomic E-state index is 12.9. The van der Waals surface area contributed by atoms with Crippen molar-refractivity contribution in [1.82, 2.24) is 9.80 Å². The van der Waals surface area contributed by atoms with Crippen molar-refractivity contribution in [3.8, 4) is 17.2 Å². The number of carbonyl (C=O) groups is 1. The Morgan fingerprint density at radius 1 is 1.04 bits per heavy atom. The van der Waals surface area contributed by atoms with Crippen LogP contribution in [0.2, 0.25) is 0 Å². The van der Waals surface area contributed by atoms with Gasteiger partial charge in [-0.3, -0.25) is 9.69 Å². The fourth-order valence-electron chi connectivity index (χ4n) is 3.50. The maximum Gasteiger partial charge on any atom is 0.257 e. The molecule has 0 saturated carbocycles. The van der Waals surface area contributed by atoms with E-state index in [-0.39, 0.29) is 5.91 Å². The van der Waals surface area contributed by atoms with E-state index in [1.807, 2.05) is 48.2 Å². The molecule has 2 heterocycles. The third-order valence-electron chi connectivity index (χ3n) is 4.92. The zero-order valence-electron chi connectivity index (χ0n) is 15.5. The fourth-order valence-corrected chi connectivity index (χ4v) is 3.50. The Hall–Kier alpha value is -2.73. The number of fused-ring (bicyclic) bond motifs is 1. The van der Waals surface area contributed by atoms with E-state index < -0.39 is 0 Å². The van der Waals surface area contributed by atoms with E-state index in [0.29, 0.717) is 37.8 Å². The minimum atomic E-state index is 0.0433. The highest BCUT2D eigenvalue weighted by Gasteiger charge is 2.24. The van der Waals surface area contributed by atoms with Gasteiger partial charge in [0.1, 0.15) is 5.75 Å². The molecule has 0 aliphatic carbocycles. The van der Waals surface area contributed by atoms with Crippen molar-refractivity contribution in [3.05, 3.63) is 53.6 Å². The first kappa shape index (κ1) is 17.7. The molecule has 0 radical (unpaired) electrons. The Morgan fingerprint density at radius 3 is 2.63 bits per heavy atom. The highest BCUT2D eigenvalue weighted by atomic mass is 16.7. The van der Waals surface area contributed by atoms with E-state index in [0.717, 1.165) is 31.1 Å². The Labute approximate surface area is 159 Å². The summed E-state index contributed by atoms with van der Waals surface area (Å²) in [6.07, 6.45) is 0. The number of ether oxygens (including phenoxy) is 3. The second-order valence-electron chi connectivity index (χ2n) is 6.69. The lowest BCUT2D eigenvalue weighted by Crippen LogP contribution is -2.48. The monoisotopic (exact) mass is 368 g/mol. The SMILES string of the molecule is CCOc1ccccc1C(=O)N1CCN(Cc2ccc3c(c2)OCO3)CC1. The van der Waals surface area contributed by atoms with Gasteiger partial charge in [0.15, 0.2) is 11.5 Å². The summed E-state index contributed by atoms with van der Waals surface area (Å²) in [5.74, 6) is 2.32. The van der Waals surface area contributed by atoms with Crippen LogP contribution in [0.5, 0.6) is 17.2 Å². The fraction of sp³-hybridized carbons (Fsp3) is 0.381. The number of hydrogen-bond donors (Lipinski definition) is 0. The number of para-hydroxylation sites is 1. The normalized spacial score (nSPS) is 16.4. The predicted octanol–water partition coefficient (Wildman–Crippen LogP) is 2.77. The van der Waals surface area contributed by atoms with Crippen LogP contribution in [-0.2, 0) is 6.54 Å². The molecule has 0 spiro atoms. The lowest BCUT2D eigenvalue weighted by Gasteiger charge is -2.35. The molecule has 1 saturated heterocycles. The standard InChI is InChI=1S/C21H24N2O4/c1-2-25-18-6-4-3-5-17(18)21(24)23-11-9-22(10-12-23)14-16-7-8-19-20(13-16)27-15-26-19/h3-8,13H,2,9-12,14-15H2,1H3. The molecule has 1 amide bonds. The Morgan fingerprint density at radius 2 is 1.81 bits per heavy atom. The lowest BCUT2D eigenvalue weighted by molar-refractivity contribution is 0.0624. The highest BCUT2D eigenvalue weighted by molar-refractivity contribution is 5.97. The summed E-state index contributed by atoms with van der Waals surface area (Å²) in [5, 5.41) is 0. The van der Waals surface area contributed by atoms with Crippen molar-refractivity contribution < 1.29 is 19.0 Å². The smallest absolute Gasteiger partial charge is 0.257 e. The number of piperazine rings is 1. The van der Waals surface area contributed by atoms with Crippen LogP contribution < -0.4 is 14.2 Å². The molecule has 6 nitrogen and oxygen atoms in total. The Balaban J connectivity index is 1.35. The molecule has 6 heteroatoms. The van der Waals surface area contributed by atoms with Crippen molar-refractivity contribution in [1.29, 1.82) is 0 Å². The first-order valence-corrected chi connectivity index (χ1v) is 9.36. The number of nitrogens with zero attached hydrogens (tertiary/aromatic N) is 2. The van der Waals surface area contributed by atoms with Crippen molar-refractivity contribution in [2.45, 2.75) is 13.5 Å². The van der Waals surface area contributed by atoms with Gasteiger partial charge in [-0.05, 0) is 36.8 Å². The molecule has 0 unspecified atom stereocenters. The molecule has 4 rings (SSSR count). The van der Waals surface area contributed by atoms with Crippen LogP contribution in [-0.4, -0.2) is 55.3 Å². The molecule has 27 heavy (non-hydrogen) atoms. The molecule has 2 aliphatic heterocycles. The average Bonchev–Trinajstić information content (AvgIpc) is 3.17. The zero-order chi connectivity index (χ0) is 18.6. The predicted molar refractivity (Wildman–Crippen MR) is 101 cm³/mol. The Kier molecular flexibility index (Phi) is 5.16. The zero-order valence-corrected chi connectivity index (χ0v) is 15.5. The molecule has 0 bridgehead atoms. The summed E-state index contributed by atoms with van der Waals surface area (Å²) in [7, 11) is 0. The number of carbonyl (C=O) groups excluding carboxylic acids is 1. The van der Waals surface area contributed by atoms with Crippen LogP contribution in [0.4, 0.5) is 0 Å². The molecule has 0 N–H and O–H groups in total. The first-order chi connectivity index (χ1) is 13.2. The van der Waals surface area contributed by atoms with E-state index in [4.69, 9.17) is 14.2 Å². The van der Waals surface area contributed by atoms with E-state index in [1.165, 1.54) is 5.56 Å². The van der Waals surface area contributed by atoms with Crippen LogP contribution >= 0.6 is 0 Å². The highest BCUT2D eigenvalue weighted by Crippen LogP contribution is 2.33. The van der Waals surface area contributed by atoms with Gasteiger partial charge in [0.25, 0.3) is 5.91 Å². The number of rotatable bonds is 5. The minimum Gasteiger partial charge on any atom is -0.493 e. The van der Waals surface area contributed by atoms with Gasteiger partial charge in [-0.2, -0.15) is 0 Å². The number of hydrogen-bond acceptors (Lipinski definition) is 5. The van der Waals surface area contributed by atoms with Crippen LogP contribution in [0.1, 0.15) is 22.8 Å². The van der Waals surface area contributed by atoms with E-state index in [2.05, 4.69) is 11.0 Å². The molecular formula is C21H24N2O4. The van der Waals surface area contributed by atoms with Crippen molar-refractivity contribution in [3.63, 3.8) is 0 Å². The summed E-state index contributed by atoms with van der Waals surface area (Å²) < 4.78 is 16.4. The third kappa shape index (κ3) is 3.85. The summed E-state index contributed by atoms with van der Waals surface area (Å²) >= 11 is 0. The molecule has 142 valence electrons. The van der Waals surface area contributed by atoms with Crippen molar-refractivity contribution in [2.75, 3.05) is 39.6 Å². The van der Waals surface area contributed by atoms with Crippen LogP contribution in [0.25, 0.3) is 0 Å². The molecule has 2 aliphatic rings. The van der Waals surface area contributed by atoms with E-state index in [1.54, 1.807) is 0 Å². The first-order valence-electron chi connectivity index (χ1n) is 9.36. The van der Waals surface area contributed by atoms with Crippen LogP contribution in [0, 0.1) is 0 Å². The summed E-state index contributed by atoms with van der Waals surface area (Å²) in [6, 6.07) is 13.5. The summed E-state index contributed by atoms with van der Waals surface area (Å²) in [6.45, 7) is 6.72. The molecule has 1 fully saturated rings. The van der Waals surface area contributed by atoms with Crippen molar-refractivity contribution >= 4 is 5.91 Å². The quantitative estimate of drug-likeness (QED) is 0.812. The third-order valence-corrected chi connectivity index (χ3v) is 4.92. The van der Waals surface area contributed by atoms with Gasteiger partial charge in [-0.1, -0.05) is 18.2 Å². The van der Waals surface area contributed by atoms with Crippen LogP contribution in [0.15, 0.2) is 42.5 Å². The Bertz CT molecular complexity index is 816.